The molecule has 1 radical (unpaired) electrons. The summed E-state index contributed by atoms with van der Waals surface area (Å²) in [5.41, 5.74) is 9.57. The average Bonchev–Trinajstić information content (AvgIpc) is 3.34. The largest absolute Gasteiger partial charge is 0.340 e. The predicted molar refractivity (Wildman–Crippen MR) is 103 cm³/mol. The number of rotatable bonds is 3. The highest BCUT2D eigenvalue weighted by Gasteiger charge is 2.64. The molecule has 2 aliphatic carbocycles. The fourth-order valence-corrected chi connectivity index (χ4v) is 4.85. The zero-order chi connectivity index (χ0) is 20.8. The molecule has 1 saturated heterocycles. The second kappa shape index (κ2) is 7.32. The van der Waals surface area contributed by atoms with E-state index in [2.05, 4.69) is 10.0 Å². The van der Waals surface area contributed by atoms with Crippen LogP contribution in [-0.4, -0.2) is 17.9 Å². The van der Waals surface area contributed by atoms with E-state index in [1.165, 1.54) is 24.3 Å². The van der Waals surface area contributed by atoms with Crippen LogP contribution in [0.2, 0.25) is 0 Å². The molecule has 5 rings (SSSR count). The molecule has 1 heterocycles. The maximum atomic E-state index is 13.6. The predicted octanol–water partition coefficient (Wildman–Crippen LogP) is 5.48. The van der Waals surface area contributed by atoms with Crippen LogP contribution in [0.25, 0.3) is 10.4 Å². The summed E-state index contributed by atoms with van der Waals surface area (Å²) in [5, 5.41) is 4.05. The Kier molecular flexibility index (Phi) is 4.75. The first-order valence-electron chi connectivity index (χ1n) is 10.0. The number of halogens is 2. The quantitative estimate of drug-likeness (QED) is 0.290. The molecule has 3 aliphatic rings. The molecule has 0 amide bonds. The second-order valence-electron chi connectivity index (χ2n) is 8.08. The summed E-state index contributed by atoms with van der Waals surface area (Å²) in [5.74, 6) is -0.843. The maximum Gasteiger partial charge on any atom is 0.202 e. The van der Waals surface area contributed by atoms with E-state index in [-0.39, 0.29) is 11.6 Å². The summed E-state index contributed by atoms with van der Waals surface area (Å²) in [6.07, 6.45) is 2.89. The molecule has 0 unspecified atom stereocenters. The lowest BCUT2D eigenvalue weighted by Crippen LogP contribution is -2.55. The van der Waals surface area contributed by atoms with Crippen molar-refractivity contribution in [2.45, 2.75) is 55.6 Å². The van der Waals surface area contributed by atoms with Crippen molar-refractivity contribution in [2.24, 2.45) is 5.11 Å². The molecule has 155 valence electrons. The van der Waals surface area contributed by atoms with Gasteiger partial charge in [-0.2, -0.15) is 0 Å². The molecule has 2 aromatic carbocycles. The van der Waals surface area contributed by atoms with E-state index in [0.717, 1.165) is 24.3 Å². The summed E-state index contributed by atoms with van der Waals surface area (Å²) in [6.45, 7) is 0. The van der Waals surface area contributed by atoms with Crippen molar-refractivity contribution in [3.05, 3.63) is 87.7 Å². The van der Waals surface area contributed by atoms with Crippen molar-refractivity contribution < 1.29 is 23.3 Å². The lowest BCUT2D eigenvalue weighted by molar-refractivity contribution is -0.528. The van der Waals surface area contributed by atoms with Crippen molar-refractivity contribution in [1.82, 2.24) is 0 Å². The first-order chi connectivity index (χ1) is 14.6. The van der Waals surface area contributed by atoms with E-state index < -0.39 is 23.5 Å². The van der Waals surface area contributed by atoms with Crippen molar-refractivity contribution in [3.8, 4) is 0 Å². The molecule has 2 saturated carbocycles. The fourth-order valence-electron chi connectivity index (χ4n) is 4.85. The van der Waals surface area contributed by atoms with Gasteiger partial charge in [-0.1, -0.05) is 29.4 Å². The summed E-state index contributed by atoms with van der Waals surface area (Å²) in [7, 11) is 0. The van der Waals surface area contributed by atoms with Gasteiger partial charge in [-0.05, 0) is 60.2 Å². The summed E-state index contributed by atoms with van der Waals surface area (Å²) in [6, 6.07) is 11.3. The molecule has 1 aliphatic heterocycles. The topological polar surface area (TPSA) is 76.5 Å². The molecule has 2 aromatic rings. The third-order valence-corrected chi connectivity index (χ3v) is 6.33. The van der Waals surface area contributed by atoms with Gasteiger partial charge >= 0.3 is 0 Å². The number of ether oxygens (including phenoxy) is 1. The lowest BCUT2D eigenvalue weighted by Gasteiger charge is -2.46. The Balaban J connectivity index is 1.62. The second-order valence-corrected chi connectivity index (χ2v) is 8.08. The van der Waals surface area contributed by atoms with Crippen LogP contribution in [0.4, 0.5) is 8.78 Å². The normalized spacial score (nSPS) is 30.2. The molecule has 8 heteroatoms. The number of azide groups is 1. The van der Waals surface area contributed by atoms with Gasteiger partial charge in [0.25, 0.3) is 0 Å². The highest BCUT2D eigenvalue weighted by molar-refractivity contribution is 5.44. The van der Waals surface area contributed by atoms with Gasteiger partial charge < -0.3 is 4.74 Å². The Morgan fingerprint density at radius 2 is 1.57 bits per heavy atom. The lowest BCUT2D eigenvalue weighted by atomic mass is 9.87. The van der Waals surface area contributed by atoms with Gasteiger partial charge in [-0.3, -0.25) is 0 Å². The van der Waals surface area contributed by atoms with E-state index >= 15 is 0 Å². The number of fused-ring (bicyclic) bond motifs is 1. The van der Waals surface area contributed by atoms with Crippen LogP contribution >= 0.6 is 0 Å². The SMILES string of the molecule is [N-]=[N+]=N[C@H]1[C](c2ccc(F)cc2)C[C@]2(c3ccc(F)cc3)OOC3(CCCC3)O[C@H]12. The Morgan fingerprint density at radius 3 is 2.20 bits per heavy atom. The minimum atomic E-state index is -1.11. The van der Waals surface area contributed by atoms with E-state index in [1.54, 1.807) is 24.3 Å². The highest BCUT2D eigenvalue weighted by Crippen LogP contribution is 2.57. The third-order valence-electron chi connectivity index (χ3n) is 6.33. The Labute approximate surface area is 172 Å². The smallest absolute Gasteiger partial charge is 0.202 e. The molecule has 6 nitrogen and oxygen atoms in total. The number of nitrogens with zero attached hydrogens (tertiary/aromatic N) is 3. The van der Waals surface area contributed by atoms with Crippen LogP contribution in [0.5, 0.6) is 0 Å². The fraction of sp³-hybridized carbons (Fsp3) is 0.409. The third kappa shape index (κ3) is 3.08. The number of hydrogen-bond acceptors (Lipinski definition) is 4. The molecule has 1 spiro atoms. The molecule has 0 bridgehead atoms. The van der Waals surface area contributed by atoms with Gasteiger partial charge in [0.2, 0.25) is 5.79 Å². The Hall–Kier alpha value is -2.51. The van der Waals surface area contributed by atoms with Gasteiger partial charge in [-0.25, -0.2) is 18.6 Å². The van der Waals surface area contributed by atoms with Gasteiger partial charge in [-0.15, -0.1) is 0 Å². The molecule has 3 fully saturated rings. The monoisotopic (exact) mass is 412 g/mol. The van der Waals surface area contributed by atoms with E-state index in [9.17, 15) is 14.3 Å². The number of benzene rings is 2. The van der Waals surface area contributed by atoms with Crippen LogP contribution < -0.4 is 0 Å². The Morgan fingerprint density at radius 1 is 0.933 bits per heavy atom. The molecule has 0 N–H and O–H groups in total. The zero-order valence-corrected chi connectivity index (χ0v) is 16.1. The minimum absolute atomic E-state index is 0.300. The van der Waals surface area contributed by atoms with Crippen LogP contribution in [0.3, 0.4) is 0 Å². The van der Waals surface area contributed by atoms with Crippen molar-refractivity contribution in [3.63, 3.8) is 0 Å². The molecule has 3 atom stereocenters. The molecule has 0 aromatic heterocycles. The van der Waals surface area contributed by atoms with Gasteiger partial charge in [0, 0.05) is 23.7 Å². The summed E-state index contributed by atoms with van der Waals surface area (Å²) < 4.78 is 33.6. The van der Waals surface area contributed by atoms with E-state index in [0.29, 0.717) is 24.8 Å². The van der Waals surface area contributed by atoms with Crippen LogP contribution in [-0.2, 0) is 20.1 Å². The first-order valence-corrected chi connectivity index (χ1v) is 10.0. The maximum absolute atomic E-state index is 13.6. The van der Waals surface area contributed by atoms with Crippen molar-refractivity contribution in [2.75, 3.05) is 0 Å². The van der Waals surface area contributed by atoms with Crippen molar-refractivity contribution in [1.29, 1.82) is 0 Å². The van der Waals surface area contributed by atoms with Gasteiger partial charge in [0.15, 0.2) is 5.60 Å². The highest BCUT2D eigenvalue weighted by atomic mass is 19.1. The average molecular weight is 412 g/mol. The summed E-state index contributed by atoms with van der Waals surface area (Å²) in [4.78, 5) is 15.0. The molecule has 30 heavy (non-hydrogen) atoms. The Bertz CT molecular complexity index is 972. The van der Waals surface area contributed by atoms with Gasteiger partial charge in [0.05, 0.1) is 6.04 Å². The first kappa shape index (κ1) is 19.5. The van der Waals surface area contributed by atoms with Crippen LogP contribution in [0, 0.1) is 17.6 Å². The number of hydrogen-bond donors (Lipinski definition) is 0. The standard InChI is InChI=1S/C22H20F2N3O3/c23-16-7-3-14(4-8-16)18-13-22(15-5-9-17(24)10-6-15)20(19(18)26-27-25)28-21(29-30-22)11-1-2-12-21/h3-10,19-20H,1-2,11-13H2/t19-,20+,22+/m0/s1. The van der Waals surface area contributed by atoms with E-state index in [4.69, 9.17) is 14.5 Å². The van der Waals surface area contributed by atoms with E-state index in [1.807, 2.05) is 0 Å². The minimum Gasteiger partial charge on any atom is -0.340 e. The molecular formula is C22H20F2N3O3. The zero-order valence-electron chi connectivity index (χ0n) is 16.1. The van der Waals surface area contributed by atoms with Gasteiger partial charge in [0.1, 0.15) is 17.7 Å². The summed E-state index contributed by atoms with van der Waals surface area (Å²) >= 11 is 0. The van der Waals surface area contributed by atoms with Crippen molar-refractivity contribution >= 4 is 0 Å². The van der Waals surface area contributed by atoms with Crippen LogP contribution in [0.15, 0.2) is 53.6 Å². The molecular weight excluding hydrogens is 392 g/mol. The van der Waals surface area contributed by atoms with Crippen LogP contribution in [0.1, 0.15) is 43.2 Å².